The lowest BCUT2D eigenvalue weighted by molar-refractivity contribution is 0.666. The molecule has 7 heteroatoms. The fraction of sp³-hybridized carbons (Fsp3) is 0. The molecule has 0 unspecified atom stereocenters. The first kappa shape index (κ1) is 32.5. The second-order valence-electron chi connectivity index (χ2n) is 14.3. The monoisotopic (exact) mass is 760 g/mol. The summed E-state index contributed by atoms with van der Waals surface area (Å²) in [6.07, 6.45) is 1.93. The summed E-state index contributed by atoms with van der Waals surface area (Å²) in [5.74, 6) is 1.18. The number of para-hydroxylation sites is 2. The predicted molar refractivity (Wildman–Crippen MR) is 238 cm³/mol. The van der Waals surface area contributed by atoms with Crippen LogP contribution in [0.3, 0.4) is 0 Å². The molecule has 58 heavy (non-hydrogen) atoms. The Kier molecular flexibility index (Phi) is 7.25. The predicted octanol–water partition coefficient (Wildman–Crippen LogP) is 13.4. The molecule has 1 aliphatic heterocycles. The summed E-state index contributed by atoms with van der Waals surface area (Å²) in [5.41, 5.74) is 13.9. The maximum absolute atomic E-state index is 6.77. The quantitative estimate of drug-likeness (QED) is 0.164. The minimum absolute atomic E-state index is 0.564. The summed E-state index contributed by atoms with van der Waals surface area (Å²) in [5, 5.41) is 5.36. The van der Waals surface area contributed by atoms with E-state index in [1.54, 1.807) is 11.3 Å². The van der Waals surface area contributed by atoms with E-state index in [0.717, 1.165) is 77.8 Å². The van der Waals surface area contributed by atoms with Crippen LogP contribution in [0.15, 0.2) is 194 Å². The van der Waals surface area contributed by atoms with Crippen molar-refractivity contribution in [3.05, 3.63) is 192 Å². The second-order valence-corrected chi connectivity index (χ2v) is 15.4. The Labute approximate surface area is 335 Å². The van der Waals surface area contributed by atoms with Crippen LogP contribution in [-0.4, -0.2) is 21.5 Å². The standard InChI is InChI=1S/C51H28N4O2S/c1-3-12-30(13-4-1)46-49-47(37-17-7-9-20-42(37)56-49)55-51(54-46)38-19-11-18-36-34-24-22-33(29-43(34)57-48(36)38)41-26-25-40(52-50(53-41)31-14-5-2-6-15-31)32-23-27-45-39(28-32)35-16-8-10-21-44(35)58-45/h1-24,26-29H. The fourth-order valence-corrected chi connectivity index (χ4v) is 9.05. The van der Waals surface area contributed by atoms with Gasteiger partial charge in [0.25, 0.3) is 0 Å². The molecular weight excluding hydrogens is 733 g/mol. The molecule has 0 radical (unpaired) electrons. The third-order valence-electron chi connectivity index (χ3n) is 10.8. The molecule has 0 N–H and O–H groups in total. The number of amidine groups is 1. The van der Waals surface area contributed by atoms with Gasteiger partial charge in [0.15, 0.2) is 17.2 Å². The zero-order chi connectivity index (χ0) is 38.2. The van der Waals surface area contributed by atoms with Crippen molar-refractivity contribution in [1.29, 1.82) is 0 Å². The van der Waals surface area contributed by atoms with E-state index < -0.39 is 0 Å². The zero-order valence-corrected chi connectivity index (χ0v) is 31.5. The third kappa shape index (κ3) is 5.26. The number of aromatic nitrogens is 2. The van der Waals surface area contributed by atoms with Crippen LogP contribution in [0.5, 0.6) is 0 Å². The zero-order valence-electron chi connectivity index (χ0n) is 30.7. The largest absolute Gasteiger partial charge is 0.455 e. The number of hydrogen-bond donors (Lipinski definition) is 0. The van der Waals surface area contributed by atoms with Gasteiger partial charge in [-0.1, -0.05) is 121 Å². The van der Waals surface area contributed by atoms with Crippen LogP contribution in [0.25, 0.3) is 92.5 Å². The molecule has 270 valence electrons. The van der Waals surface area contributed by atoms with E-state index in [0.29, 0.717) is 22.8 Å². The summed E-state index contributed by atoms with van der Waals surface area (Å²) in [7, 11) is 0. The van der Waals surface area contributed by atoms with E-state index in [2.05, 4.69) is 72.5 Å². The highest BCUT2D eigenvalue weighted by Crippen LogP contribution is 2.40. The van der Waals surface area contributed by atoms with Gasteiger partial charge < -0.3 is 8.83 Å². The Bertz CT molecular complexity index is 3600. The highest BCUT2D eigenvalue weighted by Gasteiger charge is 2.21. The van der Waals surface area contributed by atoms with Gasteiger partial charge in [-0.3, -0.25) is 0 Å². The Morgan fingerprint density at radius 2 is 1.19 bits per heavy atom. The van der Waals surface area contributed by atoms with Gasteiger partial charge in [0, 0.05) is 64.7 Å². The molecule has 0 atom stereocenters. The van der Waals surface area contributed by atoms with Crippen LogP contribution < -0.4 is 0 Å². The summed E-state index contributed by atoms with van der Waals surface area (Å²) in [6, 6.07) is 55.6. The molecule has 0 spiro atoms. The first-order chi connectivity index (χ1) is 28.7. The number of benzene rings is 7. The van der Waals surface area contributed by atoms with Crippen molar-refractivity contribution in [3.8, 4) is 22.6 Å². The molecular formula is C51H28N4O2S. The van der Waals surface area contributed by atoms with E-state index in [4.69, 9.17) is 28.8 Å². The maximum atomic E-state index is 6.77. The molecule has 0 bridgehead atoms. The summed E-state index contributed by atoms with van der Waals surface area (Å²) >= 11 is 1.80. The number of furan rings is 2. The molecule has 5 heterocycles. The Balaban J connectivity index is 1.00. The van der Waals surface area contributed by atoms with Gasteiger partial charge in [-0.25, -0.2) is 20.0 Å². The number of nitrogens with zero attached hydrogens (tertiary/aromatic N) is 4. The van der Waals surface area contributed by atoms with Gasteiger partial charge >= 0.3 is 0 Å². The summed E-state index contributed by atoms with van der Waals surface area (Å²) in [6.45, 7) is 0. The first-order valence-corrected chi connectivity index (χ1v) is 19.9. The average molecular weight is 761 g/mol. The molecule has 0 amide bonds. The van der Waals surface area contributed by atoms with E-state index in [1.807, 2.05) is 103 Å². The summed E-state index contributed by atoms with van der Waals surface area (Å²) in [4.78, 5) is 20.6. The van der Waals surface area contributed by atoms with Crippen LogP contribution in [0.4, 0.5) is 0 Å². The summed E-state index contributed by atoms with van der Waals surface area (Å²) < 4.78 is 15.6. The minimum atomic E-state index is 0.564. The fourth-order valence-electron chi connectivity index (χ4n) is 7.97. The Morgan fingerprint density at radius 3 is 2.07 bits per heavy atom. The SMILES string of the molecule is C1=CC(c2ccc3c(c2)oc2c(-c4nc(-c5ccccc5)c5oc6ccccc6c5n4)cccc23)=NC(c2ccccc2)=NC=1c1ccc2sc3ccccc3c2c1. The topological polar surface area (TPSA) is 76.8 Å². The maximum Gasteiger partial charge on any atom is 0.180 e. The van der Waals surface area contributed by atoms with Gasteiger partial charge in [-0.15, -0.1) is 11.3 Å². The van der Waals surface area contributed by atoms with Crippen molar-refractivity contribution < 1.29 is 8.83 Å². The van der Waals surface area contributed by atoms with Crippen molar-refractivity contribution in [3.63, 3.8) is 0 Å². The van der Waals surface area contributed by atoms with Crippen LogP contribution in [0.2, 0.25) is 0 Å². The lowest BCUT2D eigenvalue weighted by Crippen LogP contribution is -2.03. The molecule has 0 aliphatic carbocycles. The lowest BCUT2D eigenvalue weighted by Gasteiger charge is -2.06. The van der Waals surface area contributed by atoms with E-state index >= 15 is 0 Å². The Morgan fingerprint density at radius 1 is 0.466 bits per heavy atom. The van der Waals surface area contributed by atoms with Gasteiger partial charge in [-0.2, -0.15) is 0 Å². The number of rotatable bonds is 5. The molecule has 12 rings (SSSR count). The van der Waals surface area contributed by atoms with E-state index in [9.17, 15) is 0 Å². The number of fused-ring (bicyclic) bond motifs is 9. The molecule has 1 aliphatic rings. The molecule has 7 aromatic carbocycles. The van der Waals surface area contributed by atoms with Gasteiger partial charge in [0.2, 0.25) is 0 Å². The van der Waals surface area contributed by atoms with Crippen molar-refractivity contribution >= 4 is 92.8 Å². The van der Waals surface area contributed by atoms with Gasteiger partial charge in [0.1, 0.15) is 33.7 Å². The van der Waals surface area contributed by atoms with Crippen molar-refractivity contribution in [2.24, 2.45) is 9.98 Å². The minimum Gasteiger partial charge on any atom is -0.455 e. The number of hydrogen-bond acceptors (Lipinski definition) is 7. The van der Waals surface area contributed by atoms with E-state index in [1.165, 1.54) is 20.2 Å². The highest BCUT2D eigenvalue weighted by atomic mass is 32.1. The number of thiophene rings is 1. The van der Waals surface area contributed by atoms with Crippen LogP contribution in [-0.2, 0) is 0 Å². The molecule has 0 saturated heterocycles. The molecule has 11 aromatic rings. The van der Waals surface area contributed by atoms with Crippen molar-refractivity contribution in [1.82, 2.24) is 9.97 Å². The molecule has 0 saturated carbocycles. The normalized spacial score (nSPS) is 13.1. The van der Waals surface area contributed by atoms with Crippen LogP contribution >= 0.6 is 11.3 Å². The number of aliphatic imine (C=N–C) groups is 2. The smallest absolute Gasteiger partial charge is 0.180 e. The average Bonchev–Trinajstić information content (AvgIpc) is 3.92. The van der Waals surface area contributed by atoms with Crippen LogP contribution in [0.1, 0.15) is 16.7 Å². The van der Waals surface area contributed by atoms with Gasteiger partial charge in [0.05, 0.1) is 11.3 Å². The first-order valence-electron chi connectivity index (χ1n) is 19.0. The Hall–Kier alpha value is -7.70. The lowest BCUT2D eigenvalue weighted by atomic mass is 10.0. The van der Waals surface area contributed by atoms with Gasteiger partial charge in [-0.05, 0) is 48.5 Å². The molecule has 6 nitrogen and oxygen atoms in total. The van der Waals surface area contributed by atoms with E-state index in [-0.39, 0.29) is 0 Å². The van der Waals surface area contributed by atoms with Crippen LogP contribution in [0, 0.1) is 0 Å². The van der Waals surface area contributed by atoms with Crippen molar-refractivity contribution in [2.45, 2.75) is 0 Å². The highest BCUT2D eigenvalue weighted by molar-refractivity contribution is 7.25. The van der Waals surface area contributed by atoms with Crippen molar-refractivity contribution in [2.75, 3.05) is 0 Å². The molecule has 4 aromatic heterocycles. The molecule has 0 fully saturated rings. The number of allylic oxidation sites excluding steroid dienone is 1. The second kappa shape index (κ2) is 12.9. The third-order valence-corrected chi connectivity index (χ3v) is 11.9.